The number of hydrogen-bond donors (Lipinski definition) is 1. The Hall–Kier alpha value is -0.970. The molecule has 0 bridgehead atoms. The van der Waals surface area contributed by atoms with Crippen LogP contribution in [0.1, 0.15) is 5.56 Å². The van der Waals surface area contributed by atoms with Crippen LogP contribution in [-0.4, -0.2) is 10.9 Å². The highest BCUT2D eigenvalue weighted by Crippen LogP contribution is 2.27. The first-order valence-electron chi connectivity index (χ1n) is 6.23. The molecule has 104 valence electrons. The summed E-state index contributed by atoms with van der Waals surface area (Å²) in [7, 11) is 3.60. The zero-order chi connectivity index (χ0) is 14.0. The molecule has 4 heteroatoms. The third-order valence-corrected chi connectivity index (χ3v) is 5.38. The molecule has 0 unspecified atom stereocenters. The lowest BCUT2D eigenvalue weighted by atomic mass is 10.2. The van der Waals surface area contributed by atoms with Gasteiger partial charge in [0.15, 0.2) is 0 Å². The molecule has 0 radical (unpaired) electrons. The van der Waals surface area contributed by atoms with Crippen LogP contribution in [0.25, 0.3) is 0 Å². The van der Waals surface area contributed by atoms with Crippen molar-refractivity contribution in [2.75, 3.05) is 5.75 Å². The predicted molar refractivity (Wildman–Crippen MR) is 93.3 cm³/mol. The van der Waals surface area contributed by atoms with E-state index in [1.807, 2.05) is 29.0 Å². The lowest BCUT2D eigenvalue weighted by Crippen LogP contribution is -1.75. The fraction of sp³-hybridized carbons (Fsp3) is 0.125. The Morgan fingerprint density at radius 1 is 1.00 bits per heavy atom. The number of benzene rings is 2. The molecule has 0 fully saturated rings. The van der Waals surface area contributed by atoms with Gasteiger partial charge in [0.1, 0.15) is 5.75 Å². The third-order valence-electron chi connectivity index (χ3n) is 2.45. The quantitative estimate of drug-likeness (QED) is 0.408. The maximum absolute atomic E-state index is 9.36. The van der Waals surface area contributed by atoms with Crippen molar-refractivity contribution < 1.29 is 5.11 Å². The zero-order valence-corrected chi connectivity index (χ0v) is 13.4. The van der Waals surface area contributed by atoms with E-state index in [0.29, 0.717) is 5.75 Å². The minimum atomic E-state index is 0.326. The largest absolute Gasteiger partial charge is 0.508 e. The Labute approximate surface area is 132 Å². The van der Waals surface area contributed by atoms with E-state index in [2.05, 4.69) is 35.7 Å². The highest BCUT2D eigenvalue weighted by Gasteiger charge is 1.93. The zero-order valence-electron chi connectivity index (χ0n) is 10.9. The van der Waals surface area contributed by atoms with Crippen molar-refractivity contribution in [2.45, 2.75) is 10.6 Å². The maximum Gasteiger partial charge on any atom is 0.116 e. The summed E-state index contributed by atoms with van der Waals surface area (Å²) in [6, 6.07) is 17.8. The summed E-state index contributed by atoms with van der Waals surface area (Å²) in [6.45, 7) is 0. The molecule has 2 aromatic carbocycles. The van der Waals surface area contributed by atoms with Crippen LogP contribution in [0.3, 0.4) is 0 Å². The highest BCUT2D eigenvalue weighted by atomic mass is 33.1. The van der Waals surface area contributed by atoms with E-state index in [9.17, 15) is 5.11 Å². The van der Waals surface area contributed by atoms with E-state index < -0.39 is 0 Å². The van der Waals surface area contributed by atoms with Crippen molar-refractivity contribution in [1.82, 2.24) is 0 Å². The van der Waals surface area contributed by atoms with Gasteiger partial charge in [0.05, 0.1) is 0 Å². The first kappa shape index (κ1) is 15.4. The van der Waals surface area contributed by atoms with Gasteiger partial charge < -0.3 is 5.11 Å². The van der Waals surface area contributed by atoms with E-state index in [-0.39, 0.29) is 0 Å². The van der Waals surface area contributed by atoms with E-state index in [0.717, 1.165) is 16.4 Å². The Balaban J connectivity index is 1.60. The van der Waals surface area contributed by atoms with Crippen molar-refractivity contribution in [1.29, 1.82) is 0 Å². The van der Waals surface area contributed by atoms with E-state index in [1.54, 1.807) is 34.7 Å². The van der Waals surface area contributed by atoms with Gasteiger partial charge in [0, 0.05) is 16.4 Å². The van der Waals surface area contributed by atoms with Crippen molar-refractivity contribution in [3.05, 3.63) is 71.6 Å². The van der Waals surface area contributed by atoms with Crippen LogP contribution in [0.15, 0.2) is 71.0 Å². The summed E-state index contributed by atoms with van der Waals surface area (Å²) in [5.74, 6) is 2.27. The number of thioether (sulfide) groups is 1. The SMILES string of the molecule is Oc1cccc(SC/C=C\SSCc2ccccc2)c1. The molecule has 0 atom stereocenters. The summed E-state index contributed by atoms with van der Waals surface area (Å²) >= 11 is 1.72. The van der Waals surface area contributed by atoms with Crippen LogP contribution in [0.5, 0.6) is 5.75 Å². The molecule has 20 heavy (non-hydrogen) atoms. The highest BCUT2D eigenvalue weighted by molar-refractivity contribution is 8.77. The summed E-state index contributed by atoms with van der Waals surface area (Å²) in [4.78, 5) is 1.09. The molecule has 2 rings (SSSR count). The van der Waals surface area contributed by atoms with Crippen molar-refractivity contribution in [3.63, 3.8) is 0 Å². The Morgan fingerprint density at radius 3 is 2.65 bits per heavy atom. The topological polar surface area (TPSA) is 20.2 Å². The lowest BCUT2D eigenvalue weighted by molar-refractivity contribution is 0.474. The molecule has 0 spiro atoms. The van der Waals surface area contributed by atoms with Gasteiger partial charge in [-0.1, -0.05) is 64.1 Å². The van der Waals surface area contributed by atoms with Gasteiger partial charge >= 0.3 is 0 Å². The van der Waals surface area contributed by atoms with Gasteiger partial charge in [-0.15, -0.1) is 11.8 Å². The minimum Gasteiger partial charge on any atom is -0.508 e. The van der Waals surface area contributed by atoms with Crippen LogP contribution in [0.2, 0.25) is 0 Å². The second-order valence-corrected chi connectivity index (χ2v) is 7.39. The second kappa shape index (κ2) is 9.06. The molecule has 0 saturated carbocycles. The van der Waals surface area contributed by atoms with Gasteiger partial charge in [-0.2, -0.15) is 0 Å². The average Bonchev–Trinajstić information content (AvgIpc) is 2.47. The smallest absolute Gasteiger partial charge is 0.116 e. The molecule has 0 aromatic heterocycles. The van der Waals surface area contributed by atoms with Crippen LogP contribution in [0, 0.1) is 0 Å². The van der Waals surface area contributed by atoms with Crippen molar-refractivity contribution in [2.24, 2.45) is 0 Å². The molecule has 1 N–H and O–H groups in total. The average molecular weight is 321 g/mol. The van der Waals surface area contributed by atoms with E-state index in [4.69, 9.17) is 0 Å². The fourth-order valence-electron chi connectivity index (χ4n) is 1.51. The minimum absolute atomic E-state index is 0.326. The van der Waals surface area contributed by atoms with E-state index in [1.165, 1.54) is 5.56 Å². The Bertz CT molecular complexity index is 540. The standard InChI is InChI=1S/C16H16OS3/c17-15-8-4-9-16(12-15)18-10-5-11-19-20-13-14-6-2-1-3-7-14/h1-9,11-12,17H,10,13H2/b11-5-. The van der Waals surface area contributed by atoms with Crippen LogP contribution in [0.4, 0.5) is 0 Å². The van der Waals surface area contributed by atoms with Crippen LogP contribution in [-0.2, 0) is 5.75 Å². The molecule has 0 aliphatic carbocycles. The number of aromatic hydroxyl groups is 1. The summed E-state index contributed by atoms with van der Waals surface area (Å²) in [6.07, 6.45) is 2.15. The fourth-order valence-corrected chi connectivity index (χ4v) is 4.13. The second-order valence-electron chi connectivity index (χ2n) is 4.02. The van der Waals surface area contributed by atoms with Crippen LogP contribution < -0.4 is 0 Å². The molecule has 0 aliphatic heterocycles. The van der Waals surface area contributed by atoms with Crippen molar-refractivity contribution in [3.8, 4) is 5.75 Å². The van der Waals surface area contributed by atoms with Gasteiger partial charge in [-0.25, -0.2) is 0 Å². The molecule has 2 aromatic rings. The maximum atomic E-state index is 9.36. The number of hydrogen-bond acceptors (Lipinski definition) is 4. The molecule has 0 saturated heterocycles. The molecule has 1 nitrogen and oxygen atoms in total. The summed E-state index contributed by atoms with van der Waals surface area (Å²) < 4.78 is 0. The molecular formula is C16H16OS3. The predicted octanol–water partition coefficient (Wildman–Crippen LogP) is 5.58. The van der Waals surface area contributed by atoms with E-state index >= 15 is 0 Å². The molecule has 0 aliphatic rings. The molecular weight excluding hydrogens is 304 g/mol. The first-order valence-corrected chi connectivity index (χ1v) is 9.60. The monoisotopic (exact) mass is 320 g/mol. The van der Waals surface area contributed by atoms with Gasteiger partial charge in [0.25, 0.3) is 0 Å². The first-order chi connectivity index (χ1) is 9.84. The van der Waals surface area contributed by atoms with Crippen molar-refractivity contribution >= 4 is 33.3 Å². The molecule has 0 amide bonds. The number of phenolic OH excluding ortho intramolecular Hbond substituents is 1. The Morgan fingerprint density at radius 2 is 1.85 bits per heavy atom. The number of rotatable bonds is 7. The molecule has 0 heterocycles. The number of phenols is 1. The summed E-state index contributed by atoms with van der Waals surface area (Å²) in [5, 5.41) is 11.5. The van der Waals surface area contributed by atoms with Gasteiger partial charge in [-0.3, -0.25) is 0 Å². The third kappa shape index (κ3) is 5.99. The normalized spacial score (nSPS) is 11.0. The van der Waals surface area contributed by atoms with Gasteiger partial charge in [-0.05, 0) is 29.2 Å². The lowest BCUT2D eigenvalue weighted by Gasteiger charge is -1.99. The van der Waals surface area contributed by atoms with Crippen LogP contribution >= 0.6 is 33.3 Å². The Kier molecular flexibility index (Phi) is 6.98. The summed E-state index contributed by atoms with van der Waals surface area (Å²) in [5.41, 5.74) is 1.35. The van der Waals surface area contributed by atoms with Gasteiger partial charge in [0.2, 0.25) is 0 Å².